The van der Waals surface area contributed by atoms with Crippen LogP contribution in [0.15, 0.2) is 30.3 Å². The number of nitrogens with one attached hydrogen (secondary N) is 1. The number of benzene rings is 1. The highest BCUT2D eigenvalue weighted by Gasteiger charge is 2.13. The zero-order valence-electron chi connectivity index (χ0n) is 10.8. The molecular weight excluding hydrogens is 226 g/mol. The number of aromatic nitrogens is 2. The summed E-state index contributed by atoms with van der Waals surface area (Å²) in [6.07, 6.45) is 0.778. The molecule has 3 N–H and O–H groups in total. The number of nitrogens with two attached hydrogens (primary N) is 1. The van der Waals surface area contributed by atoms with Gasteiger partial charge in [-0.05, 0) is 18.9 Å². The molecule has 18 heavy (non-hydrogen) atoms. The van der Waals surface area contributed by atoms with Crippen LogP contribution in [0, 0.1) is 6.92 Å². The van der Waals surface area contributed by atoms with E-state index in [1.165, 1.54) is 5.56 Å². The Morgan fingerprint density at radius 2 is 2.06 bits per heavy atom. The van der Waals surface area contributed by atoms with Gasteiger partial charge in [0.1, 0.15) is 5.82 Å². The van der Waals surface area contributed by atoms with Gasteiger partial charge in [-0.3, -0.25) is 0 Å². The van der Waals surface area contributed by atoms with E-state index >= 15 is 0 Å². The third kappa shape index (κ3) is 2.97. The van der Waals surface area contributed by atoms with Crippen molar-refractivity contribution in [2.24, 2.45) is 5.73 Å². The van der Waals surface area contributed by atoms with E-state index in [1.54, 1.807) is 7.11 Å². The summed E-state index contributed by atoms with van der Waals surface area (Å²) >= 11 is 0. The van der Waals surface area contributed by atoms with Gasteiger partial charge in [-0.2, -0.15) is 0 Å². The standard InChI is InChI=1S/C14H19N3O/c1-10-13(9-18-2)17-14(16-10)12(15)8-11-6-4-3-5-7-11/h3-7,12H,8-9,15H2,1-2H3,(H,16,17). The van der Waals surface area contributed by atoms with Gasteiger partial charge in [0.15, 0.2) is 0 Å². The van der Waals surface area contributed by atoms with E-state index in [2.05, 4.69) is 22.1 Å². The summed E-state index contributed by atoms with van der Waals surface area (Å²) in [4.78, 5) is 7.72. The van der Waals surface area contributed by atoms with Gasteiger partial charge in [0.25, 0.3) is 0 Å². The first-order valence-corrected chi connectivity index (χ1v) is 6.04. The lowest BCUT2D eigenvalue weighted by atomic mass is 10.1. The topological polar surface area (TPSA) is 63.9 Å². The van der Waals surface area contributed by atoms with Crippen molar-refractivity contribution < 1.29 is 4.74 Å². The summed E-state index contributed by atoms with van der Waals surface area (Å²) in [5.74, 6) is 0.823. The Balaban J connectivity index is 2.09. The number of aromatic amines is 1. The minimum Gasteiger partial charge on any atom is -0.378 e. The van der Waals surface area contributed by atoms with Crippen LogP contribution in [0.2, 0.25) is 0 Å². The summed E-state index contributed by atoms with van der Waals surface area (Å²) < 4.78 is 5.10. The van der Waals surface area contributed by atoms with Crippen molar-refractivity contribution in [1.29, 1.82) is 0 Å². The number of H-pyrrole nitrogens is 1. The molecule has 1 aromatic carbocycles. The molecule has 0 radical (unpaired) electrons. The van der Waals surface area contributed by atoms with Crippen LogP contribution in [0.1, 0.15) is 28.8 Å². The van der Waals surface area contributed by atoms with Crippen LogP contribution < -0.4 is 5.73 Å². The molecule has 0 spiro atoms. The fourth-order valence-corrected chi connectivity index (χ4v) is 1.94. The molecule has 1 aromatic heterocycles. The smallest absolute Gasteiger partial charge is 0.124 e. The van der Waals surface area contributed by atoms with E-state index in [9.17, 15) is 0 Å². The second kappa shape index (κ2) is 5.80. The van der Waals surface area contributed by atoms with E-state index < -0.39 is 0 Å². The van der Waals surface area contributed by atoms with Crippen LogP contribution >= 0.6 is 0 Å². The first kappa shape index (κ1) is 12.8. The normalized spacial score (nSPS) is 12.6. The molecule has 4 heteroatoms. The number of aryl methyl sites for hydroxylation is 1. The Bertz CT molecular complexity index is 493. The molecule has 2 aromatic rings. The van der Waals surface area contributed by atoms with Crippen molar-refractivity contribution in [2.75, 3.05) is 7.11 Å². The molecule has 0 fully saturated rings. The van der Waals surface area contributed by atoms with E-state index in [-0.39, 0.29) is 6.04 Å². The van der Waals surface area contributed by atoms with Gasteiger partial charge in [-0.1, -0.05) is 30.3 Å². The zero-order chi connectivity index (χ0) is 13.0. The molecule has 1 atom stereocenters. The average molecular weight is 245 g/mol. The Morgan fingerprint density at radius 1 is 1.33 bits per heavy atom. The second-order valence-electron chi connectivity index (χ2n) is 4.42. The highest BCUT2D eigenvalue weighted by Crippen LogP contribution is 2.15. The number of hydrogen-bond acceptors (Lipinski definition) is 3. The van der Waals surface area contributed by atoms with Crippen molar-refractivity contribution in [1.82, 2.24) is 9.97 Å². The Labute approximate surface area is 107 Å². The number of rotatable bonds is 5. The van der Waals surface area contributed by atoms with Gasteiger partial charge in [-0.25, -0.2) is 4.98 Å². The quantitative estimate of drug-likeness (QED) is 0.848. The summed E-state index contributed by atoms with van der Waals surface area (Å²) in [6.45, 7) is 2.50. The summed E-state index contributed by atoms with van der Waals surface area (Å²) in [5, 5.41) is 0. The van der Waals surface area contributed by atoms with Crippen LogP contribution in [0.5, 0.6) is 0 Å². The highest BCUT2D eigenvalue weighted by atomic mass is 16.5. The molecule has 0 saturated heterocycles. The minimum absolute atomic E-state index is 0.114. The van der Waals surface area contributed by atoms with Crippen LogP contribution in [0.4, 0.5) is 0 Å². The molecule has 0 bridgehead atoms. The SMILES string of the molecule is COCc1nc(C(N)Cc2ccccc2)[nH]c1C. The fraction of sp³-hybridized carbons (Fsp3) is 0.357. The van der Waals surface area contributed by atoms with Crippen LogP contribution in [-0.4, -0.2) is 17.1 Å². The lowest BCUT2D eigenvalue weighted by Crippen LogP contribution is -2.15. The van der Waals surface area contributed by atoms with Gasteiger partial charge in [0.2, 0.25) is 0 Å². The van der Waals surface area contributed by atoms with Gasteiger partial charge < -0.3 is 15.5 Å². The first-order valence-electron chi connectivity index (χ1n) is 6.04. The molecule has 0 aliphatic carbocycles. The third-order valence-electron chi connectivity index (χ3n) is 2.93. The van der Waals surface area contributed by atoms with Crippen LogP contribution in [0.25, 0.3) is 0 Å². The maximum absolute atomic E-state index is 6.17. The van der Waals surface area contributed by atoms with E-state index in [0.29, 0.717) is 6.61 Å². The number of methoxy groups -OCH3 is 1. The van der Waals surface area contributed by atoms with Crippen LogP contribution in [0.3, 0.4) is 0 Å². The van der Waals surface area contributed by atoms with E-state index in [4.69, 9.17) is 10.5 Å². The molecule has 0 amide bonds. The van der Waals surface area contributed by atoms with Gasteiger partial charge in [-0.15, -0.1) is 0 Å². The molecule has 0 aliphatic rings. The molecule has 0 saturated carbocycles. The largest absolute Gasteiger partial charge is 0.378 e. The molecule has 2 rings (SSSR count). The summed E-state index contributed by atoms with van der Waals surface area (Å²) in [6, 6.07) is 10.1. The highest BCUT2D eigenvalue weighted by molar-refractivity contribution is 5.19. The van der Waals surface area contributed by atoms with Crippen molar-refractivity contribution in [2.45, 2.75) is 26.0 Å². The molecule has 4 nitrogen and oxygen atoms in total. The van der Waals surface area contributed by atoms with E-state index in [0.717, 1.165) is 23.6 Å². The van der Waals surface area contributed by atoms with Crippen molar-refractivity contribution in [3.8, 4) is 0 Å². The fourth-order valence-electron chi connectivity index (χ4n) is 1.94. The van der Waals surface area contributed by atoms with E-state index in [1.807, 2.05) is 25.1 Å². The molecule has 0 aliphatic heterocycles. The van der Waals surface area contributed by atoms with Gasteiger partial charge in [0, 0.05) is 12.8 Å². The monoisotopic (exact) mass is 245 g/mol. The number of ether oxygens (including phenoxy) is 1. The first-order chi connectivity index (χ1) is 8.70. The minimum atomic E-state index is -0.114. The number of nitrogens with zero attached hydrogens (tertiary/aromatic N) is 1. The number of imidazole rings is 1. The summed E-state index contributed by atoms with van der Waals surface area (Å²) in [5.41, 5.74) is 9.34. The Hall–Kier alpha value is -1.65. The molecule has 1 heterocycles. The van der Waals surface area contributed by atoms with Crippen LogP contribution in [-0.2, 0) is 17.8 Å². The predicted molar refractivity (Wildman–Crippen MR) is 71.1 cm³/mol. The molecular formula is C14H19N3O. The number of hydrogen-bond donors (Lipinski definition) is 2. The molecule has 96 valence electrons. The predicted octanol–water partition coefficient (Wildman–Crippen LogP) is 2.11. The maximum atomic E-state index is 6.17. The Kier molecular flexibility index (Phi) is 4.12. The zero-order valence-corrected chi connectivity index (χ0v) is 10.8. The maximum Gasteiger partial charge on any atom is 0.124 e. The second-order valence-corrected chi connectivity index (χ2v) is 4.42. The van der Waals surface area contributed by atoms with Crippen molar-refractivity contribution in [3.05, 3.63) is 53.1 Å². The van der Waals surface area contributed by atoms with Gasteiger partial charge in [0.05, 0.1) is 18.3 Å². The van der Waals surface area contributed by atoms with Crippen molar-refractivity contribution in [3.63, 3.8) is 0 Å². The lowest BCUT2D eigenvalue weighted by Gasteiger charge is -2.08. The summed E-state index contributed by atoms with van der Waals surface area (Å²) in [7, 11) is 1.66. The Morgan fingerprint density at radius 3 is 2.72 bits per heavy atom. The average Bonchev–Trinajstić information content (AvgIpc) is 2.73. The lowest BCUT2D eigenvalue weighted by molar-refractivity contribution is 0.181. The van der Waals surface area contributed by atoms with Gasteiger partial charge >= 0.3 is 0 Å². The van der Waals surface area contributed by atoms with Crippen molar-refractivity contribution >= 4 is 0 Å². The third-order valence-corrected chi connectivity index (χ3v) is 2.93. The molecule has 1 unspecified atom stereocenters.